The Morgan fingerprint density at radius 1 is 0.935 bits per heavy atom. The van der Waals surface area contributed by atoms with E-state index >= 15 is 0 Å². The van der Waals surface area contributed by atoms with E-state index in [2.05, 4.69) is 20.5 Å². The lowest BCUT2D eigenvalue weighted by Gasteiger charge is -2.36. The number of nitrogens with zero attached hydrogens (tertiary/aromatic N) is 2. The number of benzene rings is 2. The minimum absolute atomic E-state index is 0.244. The molecule has 31 heavy (non-hydrogen) atoms. The Morgan fingerprint density at radius 3 is 2.16 bits per heavy atom. The molecule has 1 unspecified atom stereocenters. The normalized spacial score (nSPS) is 16.6. The summed E-state index contributed by atoms with van der Waals surface area (Å²) in [5, 5.41) is 0. The standard InChI is InChI=1S/C22H23BrN2O5S/c1-28-19-13-15(14-20(29-2)22(19)30-3)21-18-5-4-10-24(18)11-12-25(21)31(26,27)17-8-6-16(23)7-9-17/h4-10,13-14,21H,11-12H2,1-3H3. The van der Waals surface area contributed by atoms with Crippen LogP contribution in [-0.4, -0.2) is 45.2 Å². The summed E-state index contributed by atoms with van der Waals surface area (Å²) >= 11 is 3.37. The fourth-order valence-corrected chi connectivity index (χ4v) is 5.80. The first-order chi connectivity index (χ1) is 14.9. The molecule has 0 radical (unpaired) electrons. The van der Waals surface area contributed by atoms with Crippen LogP contribution in [0.5, 0.6) is 17.2 Å². The van der Waals surface area contributed by atoms with E-state index in [4.69, 9.17) is 14.2 Å². The number of ether oxygens (including phenoxy) is 3. The Balaban J connectivity index is 1.90. The number of rotatable bonds is 6. The number of methoxy groups -OCH3 is 3. The van der Waals surface area contributed by atoms with Crippen molar-refractivity contribution in [2.45, 2.75) is 17.5 Å². The van der Waals surface area contributed by atoms with Crippen molar-refractivity contribution >= 4 is 26.0 Å². The van der Waals surface area contributed by atoms with E-state index in [0.717, 1.165) is 15.7 Å². The Morgan fingerprint density at radius 2 is 1.58 bits per heavy atom. The van der Waals surface area contributed by atoms with Crippen LogP contribution < -0.4 is 14.2 Å². The van der Waals surface area contributed by atoms with Gasteiger partial charge in [-0.25, -0.2) is 8.42 Å². The third kappa shape index (κ3) is 3.81. The summed E-state index contributed by atoms with van der Waals surface area (Å²) < 4.78 is 48.2. The summed E-state index contributed by atoms with van der Waals surface area (Å²) in [4.78, 5) is 0.244. The molecule has 0 N–H and O–H groups in total. The van der Waals surface area contributed by atoms with Crippen molar-refractivity contribution in [3.8, 4) is 17.2 Å². The zero-order chi connectivity index (χ0) is 22.2. The highest BCUT2D eigenvalue weighted by atomic mass is 79.9. The molecular formula is C22H23BrN2O5S. The fraction of sp³-hybridized carbons (Fsp3) is 0.273. The molecule has 3 aromatic rings. The van der Waals surface area contributed by atoms with E-state index in [-0.39, 0.29) is 4.90 Å². The number of fused-ring (bicyclic) bond motifs is 1. The monoisotopic (exact) mass is 506 g/mol. The SMILES string of the molecule is COc1cc(C2c3cccn3CCN2S(=O)(=O)c2ccc(Br)cc2)cc(OC)c1OC. The second-order valence-electron chi connectivity index (χ2n) is 7.06. The number of halogens is 1. The third-order valence-electron chi connectivity index (χ3n) is 5.42. The minimum Gasteiger partial charge on any atom is -0.493 e. The van der Waals surface area contributed by atoms with Crippen LogP contribution in [0.15, 0.2) is 64.1 Å². The molecule has 0 saturated carbocycles. The van der Waals surface area contributed by atoms with Crippen molar-refractivity contribution in [1.29, 1.82) is 0 Å². The van der Waals surface area contributed by atoms with Gasteiger partial charge in [-0.15, -0.1) is 0 Å². The van der Waals surface area contributed by atoms with Crippen LogP contribution in [0.1, 0.15) is 17.3 Å². The van der Waals surface area contributed by atoms with Gasteiger partial charge in [-0.3, -0.25) is 0 Å². The van der Waals surface area contributed by atoms with Crippen LogP contribution in [0, 0.1) is 0 Å². The molecule has 0 amide bonds. The lowest BCUT2D eigenvalue weighted by Crippen LogP contribution is -2.42. The molecule has 4 rings (SSSR count). The lowest BCUT2D eigenvalue weighted by molar-refractivity contribution is 0.293. The molecule has 0 bridgehead atoms. The van der Waals surface area contributed by atoms with Gasteiger partial charge in [0.05, 0.1) is 32.3 Å². The van der Waals surface area contributed by atoms with Gasteiger partial charge in [-0.1, -0.05) is 15.9 Å². The van der Waals surface area contributed by atoms with Crippen LogP contribution in [0.2, 0.25) is 0 Å². The molecule has 7 nitrogen and oxygen atoms in total. The summed E-state index contributed by atoms with van der Waals surface area (Å²) in [5.41, 5.74) is 1.61. The van der Waals surface area contributed by atoms with Gasteiger partial charge in [0, 0.05) is 29.5 Å². The smallest absolute Gasteiger partial charge is 0.244 e. The third-order valence-corrected chi connectivity index (χ3v) is 7.82. The molecule has 0 spiro atoms. The molecule has 9 heteroatoms. The molecule has 0 saturated heterocycles. The van der Waals surface area contributed by atoms with Crippen LogP contribution >= 0.6 is 15.9 Å². The molecule has 1 atom stereocenters. The van der Waals surface area contributed by atoms with E-state index in [1.165, 1.54) is 11.4 Å². The second-order valence-corrected chi connectivity index (χ2v) is 9.86. The molecule has 0 aliphatic carbocycles. The average molecular weight is 507 g/mol. The second kappa shape index (κ2) is 8.57. The zero-order valence-electron chi connectivity index (χ0n) is 17.4. The van der Waals surface area contributed by atoms with Gasteiger partial charge in [-0.05, 0) is 54.1 Å². The zero-order valence-corrected chi connectivity index (χ0v) is 19.8. The molecule has 2 heterocycles. The first-order valence-electron chi connectivity index (χ1n) is 9.63. The summed E-state index contributed by atoms with van der Waals surface area (Å²) in [7, 11) is 0.858. The molecule has 1 aliphatic heterocycles. The van der Waals surface area contributed by atoms with Crippen molar-refractivity contribution < 1.29 is 22.6 Å². The van der Waals surface area contributed by atoms with Crippen molar-refractivity contribution in [2.75, 3.05) is 27.9 Å². The lowest BCUT2D eigenvalue weighted by atomic mass is 10.0. The maximum Gasteiger partial charge on any atom is 0.244 e. The van der Waals surface area contributed by atoms with E-state index in [1.807, 2.05) is 18.3 Å². The highest BCUT2D eigenvalue weighted by Crippen LogP contribution is 2.44. The first-order valence-corrected chi connectivity index (χ1v) is 11.9. The Bertz CT molecular complexity index is 1170. The van der Waals surface area contributed by atoms with E-state index in [0.29, 0.717) is 30.3 Å². The summed E-state index contributed by atoms with van der Waals surface area (Å²) in [5.74, 6) is 1.41. The summed E-state index contributed by atoms with van der Waals surface area (Å²) in [6.07, 6.45) is 1.96. The van der Waals surface area contributed by atoms with Gasteiger partial charge >= 0.3 is 0 Å². The molecule has 1 aliphatic rings. The van der Waals surface area contributed by atoms with Crippen molar-refractivity contribution in [3.05, 3.63) is 70.5 Å². The Hall–Kier alpha value is -2.49. The van der Waals surface area contributed by atoms with Gasteiger partial charge in [0.15, 0.2) is 11.5 Å². The van der Waals surface area contributed by atoms with E-state index < -0.39 is 16.1 Å². The van der Waals surface area contributed by atoms with Gasteiger partial charge in [0.25, 0.3) is 0 Å². The van der Waals surface area contributed by atoms with E-state index in [1.54, 1.807) is 50.6 Å². The van der Waals surface area contributed by atoms with E-state index in [9.17, 15) is 8.42 Å². The predicted octanol–water partition coefficient (Wildman–Crippen LogP) is 4.07. The number of hydrogen-bond donors (Lipinski definition) is 0. The molecule has 1 aromatic heterocycles. The van der Waals surface area contributed by atoms with Crippen LogP contribution in [-0.2, 0) is 16.6 Å². The molecule has 2 aromatic carbocycles. The van der Waals surface area contributed by atoms with Gasteiger partial charge in [-0.2, -0.15) is 4.31 Å². The summed E-state index contributed by atoms with van der Waals surface area (Å²) in [6, 6.07) is 13.6. The Labute approximate surface area is 190 Å². The maximum absolute atomic E-state index is 13.7. The van der Waals surface area contributed by atoms with Crippen LogP contribution in [0.25, 0.3) is 0 Å². The van der Waals surface area contributed by atoms with Crippen molar-refractivity contribution in [2.24, 2.45) is 0 Å². The number of hydrogen-bond acceptors (Lipinski definition) is 5. The van der Waals surface area contributed by atoms with Gasteiger partial charge in [0.2, 0.25) is 15.8 Å². The van der Waals surface area contributed by atoms with Gasteiger partial charge in [0.1, 0.15) is 0 Å². The highest BCUT2D eigenvalue weighted by molar-refractivity contribution is 9.10. The quantitative estimate of drug-likeness (QED) is 0.503. The topological polar surface area (TPSA) is 70.0 Å². The summed E-state index contributed by atoms with van der Waals surface area (Å²) in [6.45, 7) is 0.903. The molecule has 0 fully saturated rings. The molecule has 164 valence electrons. The van der Waals surface area contributed by atoms with Crippen LogP contribution in [0.4, 0.5) is 0 Å². The Kier molecular flexibility index (Phi) is 6.00. The predicted molar refractivity (Wildman–Crippen MR) is 120 cm³/mol. The largest absolute Gasteiger partial charge is 0.493 e. The van der Waals surface area contributed by atoms with Crippen molar-refractivity contribution in [3.63, 3.8) is 0 Å². The number of aromatic nitrogens is 1. The molecular weight excluding hydrogens is 484 g/mol. The average Bonchev–Trinajstić information content (AvgIpc) is 3.26. The minimum atomic E-state index is -3.77. The number of sulfonamides is 1. The van der Waals surface area contributed by atoms with Crippen LogP contribution in [0.3, 0.4) is 0 Å². The fourth-order valence-electron chi connectivity index (χ4n) is 3.96. The van der Waals surface area contributed by atoms with Crippen molar-refractivity contribution in [1.82, 2.24) is 8.87 Å². The van der Waals surface area contributed by atoms with Gasteiger partial charge < -0.3 is 18.8 Å². The maximum atomic E-state index is 13.7. The first kappa shape index (κ1) is 21.7. The highest BCUT2D eigenvalue weighted by Gasteiger charge is 2.38.